The van der Waals surface area contributed by atoms with Gasteiger partial charge in [0.2, 0.25) is 11.8 Å². The van der Waals surface area contributed by atoms with Crippen molar-refractivity contribution in [3.05, 3.63) is 71.4 Å². The molecule has 4 amide bonds. The third kappa shape index (κ3) is 7.70. The van der Waals surface area contributed by atoms with Gasteiger partial charge < -0.3 is 30.2 Å². The highest BCUT2D eigenvalue weighted by Gasteiger charge is 2.49. The van der Waals surface area contributed by atoms with Gasteiger partial charge >= 0.3 is 18.2 Å². The number of fused-ring (bicyclic) bond motifs is 3. The summed E-state index contributed by atoms with van der Waals surface area (Å²) >= 11 is 0. The van der Waals surface area contributed by atoms with Crippen molar-refractivity contribution in [3.63, 3.8) is 0 Å². The molecule has 2 aromatic carbocycles. The van der Waals surface area contributed by atoms with E-state index in [-0.39, 0.29) is 30.3 Å². The van der Waals surface area contributed by atoms with Crippen molar-refractivity contribution in [1.82, 2.24) is 25.4 Å². The van der Waals surface area contributed by atoms with Crippen LogP contribution in [0, 0.1) is 0 Å². The Balaban J connectivity index is 1.31. The number of nitrogens with one attached hydrogen (secondary N) is 3. The lowest BCUT2D eigenvalue weighted by Gasteiger charge is -2.42. The van der Waals surface area contributed by atoms with Gasteiger partial charge in [-0.1, -0.05) is 49.4 Å². The van der Waals surface area contributed by atoms with Gasteiger partial charge in [0.25, 0.3) is 0 Å². The Hall–Kier alpha value is -4.55. The predicted octanol–water partition coefficient (Wildman–Crippen LogP) is 5.35. The second-order valence-electron chi connectivity index (χ2n) is 14.2. The molecular formula is C36H44F3N5O5. The first kappa shape index (κ1) is 35.7. The number of H-pyrrole nitrogens is 1. The number of halogens is 3. The number of hydrogen-bond donors (Lipinski definition) is 3. The number of likely N-dealkylation sites (tertiary alicyclic amines) is 1. The Labute approximate surface area is 283 Å². The summed E-state index contributed by atoms with van der Waals surface area (Å²) < 4.78 is 43.3. The zero-order valence-electron chi connectivity index (χ0n) is 28.4. The minimum absolute atomic E-state index is 0.0742. The van der Waals surface area contributed by atoms with Gasteiger partial charge in [-0.2, -0.15) is 13.2 Å². The molecule has 0 bridgehead atoms. The van der Waals surface area contributed by atoms with E-state index in [1.165, 1.54) is 11.9 Å². The van der Waals surface area contributed by atoms with Crippen LogP contribution in [-0.2, 0) is 24.5 Å². The zero-order chi connectivity index (χ0) is 35.7. The van der Waals surface area contributed by atoms with Crippen molar-refractivity contribution in [2.75, 3.05) is 33.2 Å². The molecule has 49 heavy (non-hydrogen) atoms. The molecule has 0 saturated carbocycles. The number of ether oxygens (including phenoxy) is 1. The third-order valence-corrected chi connectivity index (χ3v) is 9.75. The second-order valence-corrected chi connectivity index (χ2v) is 14.2. The van der Waals surface area contributed by atoms with Crippen LogP contribution in [0.4, 0.5) is 18.0 Å². The molecule has 5 rings (SSSR count). The molecule has 3 N–H and O–H groups in total. The van der Waals surface area contributed by atoms with Crippen LogP contribution in [0.25, 0.3) is 10.9 Å². The maximum absolute atomic E-state index is 14.3. The summed E-state index contributed by atoms with van der Waals surface area (Å²) in [5.74, 6) is -3.40. The number of aromatic nitrogens is 1. The zero-order valence-corrected chi connectivity index (χ0v) is 28.4. The van der Waals surface area contributed by atoms with E-state index >= 15 is 0 Å². The number of alkyl carbamates (subject to hydrolysis) is 1. The number of para-hydroxylation sites is 1. The van der Waals surface area contributed by atoms with Gasteiger partial charge in [-0.15, -0.1) is 0 Å². The molecule has 10 nitrogen and oxygen atoms in total. The van der Waals surface area contributed by atoms with Gasteiger partial charge in [-0.05, 0) is 62.8 Å². The molecule has 3 atom stereocenters. The number of likely N-dealkylation sites (N-methyl/N-ethyl adjacent to an activating group) is 1. The molecule has 1 aliphatic heterocycles. The lowest BCUT2D eigenvalue weighted by Crippen LogP contribution is -2.55. The van der Waals surface area contributed by atoms with Crippen LogP contribution in [0.1, 0.15) is 75.5 Å². The second kappa shape index (κ2) is 13.8. The van der Waals surface area contributed by atoms with E-state index in [0.717, 1.165) is 27.6 Å². The monoisotopic (exact) mass is 683 g/mol. The lowest BCUT2D eigenvalue weighted by atomic mass is 9.73. The van der Waals surface area contributed by atoms with Crippen molar-refractivity contribution in [1.29, 1.82) is 0 Å². The van der Waals surface area contributed by atoms with Gasteiger partial charge in [-0.25, -0.2) is 4.79 Å². The molecule has 1 aliphatic carbocycles. The van der Waals surface area contributed by atoms with Crippen LogP contribution in [0.3, 0.4) is 0 Å². The number of alkyl halides is 3. The number of nitrogens with zero attached hydrogens (tertiary/aromatic N) is 2. The number of hydrogen-bond acceptors (Lipinski definition) is 5. The highest BCUT2D eigenvalue weighted by Crippen LogP contribution is 2.52. The molecule has 13 heteroatoms. The van der Waals surface area contributed by atoms with E-state index in [9.17, 15) is 32.3 Å². The maximum Gasteiger partial charge on any atom is 0.471 e. The molecule has 1 spiro atoms. The fourth-order valence-electron chi connectivity index (χ4n) is 7.24. The maximum atomic E-state index is 14.3. The van der Waals surface area contributed by atoms with Crippen LogP contribution in [0.2, 0.25) is 0 Å². The molecule has 3 aromatic rings. The minimum Gasteiger partial charge on any atom is -0.444 e. The quantitative estimate of drug-likeness (QED) is 0.296. The van der Waals surface area contributed by atoms with Gasteiger partial charge in [0, 0.05) is 61.7 Å². The van der Waals surface area contributed by atoms with Crippen LogP contribution in [0.15, 0.2) is 54.7 Å². The molecular weight excluding hydrogens is 639 g/mol. The van der Waals surface area contributed by atoms with E-state index in [2.05, 4.69) is 10.3 Å². The van der Waals surface area contributed by atoms with Crippen molar-refractivity contribution < 1.29 is 37.1 Å². The van der Waals surface area contributed by atoms with Gasteiger partial charge in [0.1, 0.15) is 11.6 Å². The molecule has 0 radical (unpaired) electrons. The number of carbonyl (C=O) groups excluding carboxylic acids is 4. The first-order valence-electron chi connectivity index (χ1n) is 16.5. The largest absolute Gasteiger partial charge is 0.471 e. The van der Waals surface area contributed by atoms with E-state index in [4.69, 9.17) is 4.74 Å². The Morgan fingerprint density at radius 3 is 2.37 bits per heavy atom. The van der Waals surface area contributed by atoms with Gasteiger partial charge in [0.15, 0.2) is 0 Å². The molecule has 3 unspecified atom stereocenters. The highest BCUT2D eigenvalue weighted by molar-refractivity contribution is 5.90. The molecule has 1 aromatic heterocycles. The number of rotatable bonds is 8. The summed E-state index contributed by atoms with van der Waals surface area (Å²) in [6.07, 6.45) is -2.13. The van der Waals surface area contributed by atoms with Crippen molar-refractivity contribution >= 4 is 34.7 Å². The number of carbonyl (C=O) groups is 4. The normalized spacial score (nSPS) is 18.4. The minimum atomic E-state index is -4.99. The number of amides is 4. The predicted molar refractivity (Wildman–Crippen MR) is 178 cm³/mol. The number of aromatic amines is 1. The molecule has 1 saturated heterocycles. The Morgan fingerprint density at radius 1 is 1.04 bits per heavy atom. The average Bonchev–Trinajstić information content (AvgIpc) is 3.61. The lowest BCUT2D eigenvalue weighted by molar-refractivity contribution is -0.173. The fourth-order valence-corrected chi connectivity index (χ4v) is 7.24. The van der Waals surface area contributed by atoms with E-state index in [1.54, 1.807) is 25.7 Å². The van der Waals surface area contributed by atoms with E-state index in [0.29, 0.717) is 32.4 Å². The summed E-state index contributed by atoms with van der Waals surface area (Å²) in [7, 11) is 1.52. The first-order valence-corrected chi connectivity index (χ1v) is 16.5. The molecule has 2 aliphatic rings. The van der Waals surface area contributed by atoms with E-state index in [1.807, 2.05) is 67.0 Å². The standard InChI is InChI=1S/C36H44F3N5O5/c1-22(26-21-41-28-13-9-7-11-24(26)28)29(42-33(48)49-34(2,3)4)31(46)44-17-14-35(15-18-44)20-25(23-10-6-8-12-27(23)35)30(45)43(5)19-16-40-32(47)36(37,38)39/h6-13,21-22,25,29,41H,14-20H2,1-5H3,(H,40,47)(H,42,48). The van der Waals surface area contributed by atoms with Crippen molar-refractivity contribution in [3.8, 4) is 0 Å². The first-order chi connectivity index (χ1) is 23.0. The Kier molecular flexibility index (Phi) is 10.0. The Morgan fingerprint density at radius 2 is 1.69 bits per heavy atom. The van der Waals surface area contributed by atoms with Gasteiger partial charge in [-0.3, -0.25) is 14.4 Å². The highest BCUT2D eigenvalue weighted by atomic mass is 19.4. The third-order valence-electron chi connectivity index (χ3n) is 9.75. The Bertz CT molecular complexity index is 1710. The number of benzene rings is 2. The summed E-state index contributed by atoms with van der Waals surface area (Å²) in [5.41, 5.74) is 2.59. The van der Waals surface area contributed by atoms with Crippen LogP contribution in [0.5, 0.6) is 0 Å². The summed E-state index contributed by atoms with van der Waals surface area (Å²) in [6.45, 7) is 7.60. The topological polar surface area (TPSA) is 124 Å². The van der Waals surface area contributed by atoms with Crippen molar-refractivity contribution in [2.45, 2.75) is 82.0 Å². The average molecular weight is 684 g/mol. The van der Waals surface area contributed by atoms with Crippen LogP contribution >= 0.6 is 0 Å². The molecule has 2 heterocycles. The summed E-state index contributed by atoms with van der Waals surface area (Å²) in [6, 6.07) is 14.6. The molecule has 1 fully saturated rings. The van der Waals surface area contributed by atoms with Crippen LogP contribution in [-0.4, -0.2) is 89.6 Å². The SMILES string of the molecule is CC(c1c[nH]c2ccccc12)C(NC(=O)OC(C)(C)C)C(=O)N1CCC2(CC1)CC(C(=O)N(C)CCNC(=O)C(F)(F)F)c1ccccc12. The van der Waals surface area contributed by atoms with Gasteiger partial charge in [0.05, 0.1) is 5.92 Å². The number of piperidine rings is 1. The van der Waals surface area contributed by atoms with Crippen molar-refractivity contribution in [2.24, 2.45) is 0 Å². The van der Waals surface area contributed by atoms with E-state index < -0.39 is 41.7 Å². The van der Waals surface area contributed by atoms with Crippen LogP contribution < -0.4 is 10.6 Å². The smallest absolute Gasteiger partial charge is 0.444 e. The summed E-state index contributed by atoms with van der Waals surface area (Å²) in [5, 5.41) is 5.64. The fraction of sp³-hybridized carbons (Fsp3) is 0.500. The summed E-state index contributed by atoms with van der Waals surface area (Å²) in [4.78, 5) is 58.5. The molecule has 264 valence electrons.